The summed E-state index contributed by atoms with van der Waals surface area (Å²) in [6.07, 6.45) is 0. The maximum absolute atomic E-state index is 12.2. The summed E-state index contributed by atoms with van der Waals surface area (Å²) in [7, 11) is -3.88. The number of amides is 1. The van der Waals surface area contributed by atoms with Gasteiger partial charge in [-0.05, 0) is 24.1 Å². The second-order valence-corrected chi connectivity index (χ2v) is 6.45. The molecule has 0 aliphatic carbocycles. The number of carbonyl (C=O) groups excluding carboxylic acids is 1. The topological polar surface area (TPSA) is 136 Å². The summed E-state index contributed by atoms with van der Waals surface area (Å²) in [6.45, 7) is 3.24. The van der Waals surface area contributed by atoms with Crippen LogP contribution >= 0.6 is 0 Å². The van der Waals surface area contributed by atoms with E-state index in [2.05, 4.69) is 4.72 Å². The highest BCUT2D eigenvalue weighted by molar-refractivity contribution is 7.89. The molecule has 0 spiro atoms. The Hall–Kier alpha value is -1.64. The van der Waals surface area contributed by atoms with Crippen molar-refractivity contribution in [3.8, 4) is 0 Å². The van der Waals surface area contributed by atoms with Crippen molar-refractivity contribution in [2.75, 3.05) is 12.3 Å². The fourth-order valence-corrected chi connectivity index (χ4v) is 3.08. The molecule has 112 valence electrons. The quantitative estimate of drug-likeness (QED) is 0.533. The number of primary amides is 1. The molecule has 7 nitrogen and oxygen atoms in total. The second kappa shape index (κ2) is 6.21. The minimum absolute atomic E-state index is 0.0748. The minimum atomic E-state index is -3.88. The number of rotatable bonds is 6. The van der Waals surface area contributed by atoms with Crippen LogP contribution in [0.4, 0.5) is 5.69 Å². The molecule has 1 unspecified atom stereocenters. The van der Waals surface area contributed by atoms with E-state index >= 15 is 0 Å². The van der Waals surface area contributed by atoms with Gasteiger partial charge in [0.2, 0.25) is 15.9 Å². The Labute approximate surface area is 118 Å². The number of nitrogen functional groups attached to an aromatic ring is 1. The average molecular weight is 301 g/mol. The molecule has 0 aliphatic heterocycles. The zero-order chi connectivity index (χ0) is 15.5. The number of hydrogen-bond donors (Lipinski definition) is 4. The van der Waals surface area contributed by atoms with E-state index in [9.17, 15) is 18.3 Å². The largest absolute Gasteiger partial charge is 0.398 e. The van der Waals surface area contributed by atoms with Crippen LogP contribution in [0.15, 0.2) is 23.1 Å². The molecule has 1 aromatic rings. The number of nitrogens with one attached hydrogen (secondary N) is 1. The van der Waals surface area contributed by atoms with Crippen molar-refractivity contribution in [1.29, 1.82) is 0 Å². The van der Waals surface area contributed by atoms with Gasteiger partial charge in [0.25, 0.3) is 0 Å². The van der Waals surface area contributed by atoms with E-state index in [4.69, 9.17) is 11.5 Å². The van der Waals surface area contributed by atoms with Crippen molar-refractivity contribution in [1.82, 2.24) is 4.72 Å². The summed E-state index contributed by atoms with van der Waals surface area (Å²) in [5, 5.41) is 9.17. The first kappa shape index (κ1) is 16.4. The van der Waals surface area contributed by atoms with Crippen LogP contribution in [0.2, 0.25) is 0 Å². The number of sulfonamides is 1. The maximum Gasteiger partial charge on any atom is 0.248 e. The lowest BCUT2D eigenvalue weighted by Gasteiger charge is -2.20. The van der Waals surface area contributed by atoms with E-state index in [0.29, 0.717) is 0 Å². The van der Waals surface area contributed by atoms with Crippen LogP contribution in [0.5, 0.6) is 0 Å². The highest BCUT2D eigenvalue weighted by Crippen LogP contribution is 2.20. The van der Waals surface area contributed by atoms with Crippen molar-refractivity contribution in [2.24, 2.45) is 11.7 Å². The van der Waals surface area contributed by atoms with Gasteiger partial charge in [-0.1, -0.05) is 13.8 Å². The molecule has 0 bridgehead atoms. The van der Waals surface area contributed by atoms with Gasteiger partial charge in [0.1, 0.15) is 4.90 Å². The molecule has 20 heavy (non-hydrogen) atoms. The third-order valence-electron chi connectivity index (χ3n) is 2.89. The van der Waals surface area contributed by atoms with Crippen molar-refractivity contribution < 1.29 is 18.3 Å². The van der Waals surface area contributed by atoms with E-state index in [1.807, 2.05) is 0 Å². The third kappa shape index (κ3) is 3.69. The predicted octanol–water partition coefficient (Wildman–Crippen LogP) is -0.337. The Balaban J connectivity index is 3.13. The maximum atomic E-state index is 12.2. The van der Waals surface area contributed by atoms with Crippen molar-refractivity contribution in [3.05, 3.63) is 23.8 Å². The minimum Gasteiger partial charge on any atom is -0.398 e. The Bertz CT molecular complexity index is 599. The highest BCUT2D eigenvalue weighted by Gasteiger charge is 2.24. The van der Waals surface area contributed by atoms with Crippen LogP contribution in [0, 0.1) is 5.92 Å². The lowest BCUT2D eigenvalue weighted by molar-refractivity contribution is 0.1000. The summed E-state index contributed by atoms with van der Waals surface area (Å²) in [4.78, 5) is 10.8. The molecular formula is C12H19N3O4S. The fourth-order valence-electron chi connectivity index (χ4n) is 1.59. The summed E-state index contributed by atoms with van der Waals surface area (Å²) in [5.74, 6) is -0.773. The smallest absolute Gasteiger partial charge is 0.248 e. The molecule has 1 atom stereocenters. The number of benzene rings is 1. The van der Waals surface area contributed by atoms with Crippen molar-refractivity contribution in [2.45, 2.75) is 24.8 Å². The number of anilines is 1. The van der Waals surface area contributed by atoms with Crippen LogP contribution in [0.1, 0.15) is 24.2 Å². The summed E-state index contributed by atoms with van der Waals surface area (Å²) in [5.41, 5.74) is 10.8. The van der Waals surface area contributed by atoms with Crippen LogP contribution < -0.4 is 16.2 Å². The third-order valence-corrected chi connectivity index (χ3v) is 4.46. The van der Waals surface area contributed by atoms with Crippen molar-refractivity contribution >= 4 is 21.6 Å². The standard InChI is InChI=1S/C12H19N3O4S/c1-7(2)10(6-16)15-20(18,19)11-4-3-8(12(14)17)5-9(11)13/h3-5,7,10,15-16H,6,13H2,1-2H3,(H2,14,17). The monoisotopic (exact) mass is 301 g/mol. The zero-order valence-electron chi connectivity index (χ0n) is 11.3. The van der Waals surface area contributed by atoms with E-state index in [1.54, 1.807) is 13.8 Å². The lowest BCUT2D eigenvalue weighted by Crippen LogP contribution is -2.41. The fraction of sp³-hybridized carbons (Fsp3) is 0.417. The lowest BCUT2D eigenvalue weighted by atomic mass is 10.1. The molecule has 0 aliphatic rings. The molecule has 6 N–H and O–H groups in total. The molecule has 0 aromatic heterocycles. The van der Waals surface area contributed by atoms with E-state index in [-0.39, 0.29) is 28.7 Å². The molecule has 0 saturated heterocycles. The molecule has 1 rings (SSSR count). The first-order valence-electron chi connectivity index (χ1n) is 6.01. The summed E-state index contributed by atoms with van der Waals surface area (Å²) < 4.78 is 26.8. The molecular weight excluding hydrogens is 282 g/mol. The number of aliphatic hydroxyl groups is 1. The molecule has 0 saturated carbocycles. The van der Waals surface area contributed by atoms with Crippen LogP contribution in [0.3, 0.4) is 0 Å². The summed E-state index contributed by atoms with van der Waals surface area (Å²) in [6, 6.07) is 3.10. The van der Waals surface area contributed by atoms with E-state index in [1.165, 1.54) is 18.2 Å². The van der Waals surface area contributed by atoms with Gasteiger partial charge in [-0.3, -0.25) is 4.79 Å². The van der Waals surface area contributed by atoms with Gasteiger partial charge in [-0.2, -0.15) is 0 Å². The molecule has 0 heterocycles. The summed E-state index contributed by atoms with van der Waals surface area (Å²) >= 11 is 0. The molecule has 0 fully saturated rings. The Kier molecular flexibility index (Phi) is 5.09. The zero-order valence-corrected chi connectivity index (χ0v) is 12.1. The Morgan fingerprint density at radius 3 is 2.40 bits per heavy atom. The van der Waals surface area contributed by atoms with Crippen LogP contribution in [-0.2, 0) is 10.0 Å². The van der Waals surface area contributed by atoms with Gasteiger partial charge in [0.05, 0.1) is 12.3 Å². The second-order valence-electron chi connectivity index (χ2n) is 4.77. The first-order chi connectivity index (χ1) is 9.19. The van der Waals surface area contributed by atoms with Crippen LogP contribution in [-0.4, -0.2) is 32.1 Å². The normalized spacial score (nSPS) is 13.4. The van der Waals surface area contributed by atoms with Gasteiger partial charge < -0.3 is 16.6 Å². The predicted molar refractivity (Wildman–Crippen MR) is 75.4 cm³/mol. The molecule has 1 amide bonds. The Morgan fingerprint density at radius 1 is 1.40 bits per heavy atom. The SMILES string of the molecule is CC(C)C(CO)NS(=O)(=O)c1ccc(C(N)=O)cc1N. The van der Waals surface area contributed by atoms with Gasteiger partial charge in [0.15, 0.2) is 0 Å². The van der Waals surface area contributed by atoms with Gasteiger partial charge >= 0.3 is 0 Å². The number of nitrogens with two attached hydrogens (primary N) is 2. The van der Waals surface area contributed by atoms with E-state index in [0.717, 1.165) is 0 Å². The van der Waals surface area contributed by atoms with Crippen LogP contribution in [0.25, 0.3) is 0 Å². The number of aliphatic hydroxyl groups excluding tert-OH is 1. The van der Waals surface area contributed by atoms with Gasteiger partial charge in [-0.15, -0.1) is 0 Å². The molecule has 0 radical (unpaired) electrons. The van der Waals surface area contributed by atoms with Gasteiger partial charge in [-0.25, -0.2) is 13.1 Å². The van der Waals surface area contributed by atoms with Crippen molar-refractivity contribution in [3.63, 3.8) is 0 Å². The molecule has 8 heteroatoms. The van der Waals surface area contributed by atoms with Gasteiger partial charge in [0, 0.05) is 11.6 Å². The molecule has 1 aromatic carbocycles. The average Bonchev–Trinajstić information content (AvgIpc) is 2.35. The van der Waals surface area contributed by atoms with E-state index < -0.39 is 22.0 Å². The first-order valence-corrected chi connectivity index (χ1v) is 7.50. The number of carbonyl (C=O) groups is 1. The number of hydrogen-bond acceptors (Lipinski definition) is 5. The Morgan fingerprint density at radius 2 is 2.00 bits per heavy atom. The highest BCUT2D eigenvalue weighted by atomic mass is 32.2.